The number of ether oxygens (including phenoxy) is 1. The topological polar surface area (TPSA) is 18.1 Å². The van der Waals surface area contributed by atoms with Crippen LogP contribution < -0.4 is 14.5 Å². The molecule has 1 heterocycles. The van der Waals surface area contributed by atoms with Gasteiger partial charge in [-0.25, -0.2) is 0 Å². The van der Waals surface area contributed by atoms with E-state index in [0.29, 0.717) is 5.92 Å². The van der Waals surface area contributed by atoms with E-state index in [-0.39, 0.29) is 0 Å². The first kappa shape index (κ1) is 16.3. The zero-order valence-electron chi connectivity index (χ0n) is 14.2. The van der Waals surface area contributed by atoms with Crippen molar-refractivity contribution in [2.24, 2.45) is 0 Å². The highest BCUT2D eigenvalue weighted by Crippen LogP contribution is 2.27. The van der Waals surface area contributed by atoms with Gasteiger partial charge >= 0.3 is 0 Å². The lowest BCUT2D eigenvalue weighted by molar-refractivity contribution is -1.01. The van der Waals surface area contributed by atoms with Gasteiger partial charge in [0, 0.05) is 0 Å². The summed E-state index contributed by atoms with van der Waals surface area (Å²) in [5.41, 5.74) is 2.61. The van der Waals surface area contributed by atoms with Gasteiger partial charge in [-0.1, -0.05) is 26.0 Å². The van der Waals surface area contributed by atoms with Crippen molar-refractivity contribution in [3.8, 4) is 5.75 Å². The average Bonchev–Trinajstić information content (AvgIpc) is 2.48. The highest BCUT2D eigenvalue weighted by Gasteiger charge is 2.21. The summed E-state index contributed by atoms with van der Waals surface area (Å²) in [5, 5.41) is 0. The molecule has 3 nitrogen and oxygen atoms in total. The first-order chi connectivity index (χ1) is 10.1. The van der Waals surface area contributed by atoms with Crippen molar-refractivity contribution in [1.82, 2.24) is 0 Å². The molecule has 1 aromatic carbocycles. The number of piperazine rings is 1. The number of rotatable bonds is 6. The largest absolute Gasteiger partial charge is 0.487 e. The third kappa shape index (κ3) is 4.72. The van der Waals surface area contributed by atoms with Crippen LogP contribution in [-0.2, 0) is 0 Å². The van der Waals surface area contributed by atoms with Gasteiger partial charge in [0.25, 0.3) is 0 Å². The van der Waals surface area contributed by atoms with Crippen LogP contribution in [0.3, 0.4) is 0 Å². The quantitative estimate of drug-likeness (QED) is 0.772. The lowest BCUT2D eigenvalue weighted by Gasteiger charge is -2.29. The summed E-state index contributed by atoms with van der Waals surface area (Å²) in [7, 11) is 0. The van der Waals surface area contributed by atoms with E-state index in [2.05, 4.69) is 45.9 Å². The van der Waals surface area contributed by atoms with Crippen molar-refractivity contribution >= 4 is 0 Å². The maximum absolute atomic E-state index is 6.11. The van der Waals surface area contributed by atoms with E-state index in [1.165, 1.54) is 43.9 Å². The third-order valence-corrected chi connectivity index (χ3v) is 4.67. The van der Waals surface area contributed by atoms with Crippen molar-refractivity contribution in [2.45, 2.75) is 33.6 Å². The molecule has 0 amide bonds. The van der Waals surface area contributed by atoms with E-state index in [9.17, 15) is 0 Å². The van der Waals surface area contributed by atoms with Gasteiger partial charge in [0.2, 0.25) is 0 Å². The lowest BCUT2D eigenvalue weighted by atomic mass is 10.0. The maximum atomic E-state index is 6.11. The second kappa shape index (κ2) is 7.81. The summed E-state index contributed by atoms with van der Waals surface area (Å²) in [6.45, 7) is 17.3. The monoisotopic (exact) mass is 292 g/mol. The van der Waals surface area contributed by atoms with Crippen molar-refractivity contribution in [2.75, 3.05) is 45.9 Å². The van der Waals surface area contributed by atoms with Gasteiger partial charge in [-0.3, -0.25) is 0 Å². The molecule has 0 bridgehead atoms. The lowest BCUT2D eigenvalue weighted by Crippen LogP contribution is -3.28. The minimum Gasteiger partial charge on any atom is -0.487 e. The second-order valence-electron chi connectivity index (χ2n) is 6.65. The minimum atomic E-state index is 0.518. The normalized spacial score (nSPS) is 22.5. The van der Waals surface area contributed by atoms with Crippen molar-refractivity contribution in [3.63, 3.8) is 0 Å². The second-order valence-corrected chi connectivity index (χ2v) is 6.65. The summed E-state index contributed by atoms with van der Waals surface area (Å²) < 4.78 is 6.11. The number of likely N-dealkylation sites (N-methyl/N-ethyl adjacent to an activating group) is 1. The Morgan fingerprint density at radius 1 is 1.10 bits per heavy atom. The van der Waals surface area contributed by atoms with Crippen LogP contribution in [0.2, 0.25) is 0 Å². The summed E-state index contributed by atoms with van der Waals surface area (Å²) in [4.78, 5) is 3.45. The number of quaternary nitrogens is 2. The van der Waals surface area contributed by atoms with Crippen LogP contribution in [0.1, 0.15) is 37.8 Å². The van der Waals surface area contributed by atoms with E-state index in [1.807, 2.05) is 0 Å². The van der Waals surface area contributed by atoms with Gasteiger partial charge in [-0.15, -0.1) is 0 Å². The number of nitrogens with one attached hydrogen (secondary N) is 2. The van der Waals surface area contributed by atoms with Crippen molar-refractivity contribution < 1.29 is 14.5 Å². The van der Waals surface area contributed by atoms with Crippen LogP contribution in [0, 0.1) is 6.92 Å². The van der Waals surface area contributed by atoms with E-state index in [0.717, 1.165) is 18.9 Å². The van der Waals surface area contributed by atoms with Gasteiger partial charge in [0.05, 0.1) is 6.54 Å². The predicted molar refractivity (Wildman–Crippen MR) is 87.6 cm³/mol. The molecule has 1 aliphatic rings. The minimum absolute atomic E-state index is 0.518. The molecular weight excluding hydrogens is 260 g/mol. The summed E-state index contributed by atoms with van der Waals surface area (Å²) >= 11 is 0. The summed E-state index contributed by atoms with van der Waals surface area (Å²) in [6.07, 6.45) is 0. The fourth-order valence-electron chi connectivity index (χ4n) is 3.11. The Hall–Kier alpha value is -1.06. The first-order valence-corrected chi connectivity index (χ1v) is 8.50. The van der Waals surface area contributed by atoms with E-state index in [1.54, 1.807) is 9.80 Å². The van der Waals surface area contributed by atoms with Gasteiger partial charge in [0.15, 0.2) is 0 Å². The SMILES string of the molecule is CC[NH+]1CC[NH+](CCOc2cc(C)ccc2C(C)C)CC1. The zero-order valence-corrected chi connectivity index (χ0v) is 14.2. The molecule has 0 aromatic heterocycles. The molecule has 0 saturated carbocycles. The average molecular weight is 292 g/mol. The Bertz CT molecular complexity index is 437. The molecule has 0 radical (unpaired) electrons. The molecule has 2 N–H and O–H groups in total. The fourth-order valence-corrected chi connectivity index (χ4v) is 3.11. The van der Waals surface area contributed by atoms with Crippen LogP contribution in [0.5, 0.6) is 5.75 Å². The van der Waals surface area contributed by atoms with Crippen LogP contribution in [0.4, 0.5) is 0 Å². The highest BCUT2D eigenvalue weighted by molar-refractivity contribution is 5.39. The van der Waals surface area contributed by atoms with Gasteiger partial charge in [0.1, 0.15) is 45.1 Å². The molecule has 0 spiro atoms. The summed E-state index contributed by atoms with van der Waals surface area (Å²) in [5.74, 6) is 1.60. The molecule has 0 unspecified atom stereocenters. The van der Waals surface area contributed by atoms with E-state index < -0.39 is 0 Å². The molecule has 1 aliphatic heterocycles. The molecule has 0 aliphatic carbocycles. The molecule has 1 fully saturated rings. The smallest absolute Gasteiger partial charge is 0.137 e. The Labute approximate surface area is 129 Å². The standard InChI is InChI=1S/C18H30N2O/c1-5-19-8-10-20(11-9-19)12-13-21-18-14-16(4)6-7-17(18)15(2)3/h6-7,14-15H,5,8-13H2,1-4H3/p+2. The fraction of sp³-hybridized carbons (Fsp3) is 0.667. The van der Waals surface area contributed by atoms with Crippen LogP contribution >= 0.6 is 0 Å². The Balaban J connectivity index is 1.82. The maximum Gasteiger partial charge on any atom is 0.137 e. The molecule has 0 atom stereocenters. The Morgan fingerprint density at radius 2 is 1.76 bits per heavy atom. The molecule has 3 heteroatoms. The van der Waals surface area contributed by atoms with Crippen LogP contribution in [-0.4, -0.2) is 45.9 Å². The van der Waals surface area contributed by atoms with Crippen molar-refractivity contribution in [3.05, 3.63) is 29.3 Å². The predicted octanol–water partition coefficient (Wildman–Crippen LogP) is 0.301. The summed E-state index contributed by atoms with van der Waals surface area (Å²) in [6, 6.07) is 6.58. The third-order valence-electron chi connectivity index (χ3n) is 4.67. The highest BCUT2D eigenvalue weighted by atomic mass is 16.5. The molecule has 2 rings (SSSR count). The van der Waals surface area contributed by atoms with Crippen LogP contribution in [0.25, 0.3) is 0 Å². The zero-order chi connectivity index (χ0) is 15.2. The molecule has 118 valence electrons. The van der Waals surface area contributed by atoms with E-state index in [4.69, 9.17) is 4.74 Å². The molecule has 1 saturated heterocycles. The molecular formula is C18H32N2O+2. The number of hydrogen-bond donors (Lipinski definition) is 2. The Morgan fingerprint density at radius 3 is 2.38 bits per heavy atom. The van der Waals surface area contributed by atoms with Gasteiger partial charge < -0.3 is 14.5 Å². The van der Waals surface area contributed by atoms with Gasteiger partial charge in [-0.2, -0.15) is 0 Å². The Kier molecular flexibility index (Phi) is 6.07. The van der Waals surface area contributed by atoms with Crippen molar-refractivity contribution in [1.29, 1.82) is 0 Å². The number of benzene rings is 1. The molecule has 21 heavy (non-hydrogen) atoms. The van der Waals surface area contributed by atoms with E-state index >= 15 is 0 Å². The number of hydrogen-bond acceptors (Lipinski definition) is 1. The first-order valence-electron chi connectivity index (χ1n) is 8.50. The van der Waals surface area contributed by atoms with Crippen LogP contribution in [0.15, 0.2) is 18.2 Å². The number of aryl methyl sites for hydroxylation is 1. The van der Waals surface area contributed by atoms with Gasteiger partial charge in [-0.05, 0) is 37.0 Å². The molecule has 1 aromatic rings.